The summed E-state index contributed by atoms with van der Waals surface area (Å²) in [5.41, 5.74) is 1.19. The summed E-state index contributed by atoms with van der Waals surface area (Å²) in [5, 5.41) is 3.43. The fourth-order valence-electron chi connectivity index (χ4n) is 2.85. The molecule has 1 nitrogen and oxygen atoms in total. The Labute approximate surface area is 118 Å². The van der Waals surface area contributed by atoms with Crippen molar-refractivity contribution >= 4 is 34.5 Å². The van der Waals surface area contributed by atoms with Gasteiger partial charge in [-0.2, -0.15) is 0 Å². The van der Waals surface area contributed by atoms with Crippen LogP contribution in [0.4, 0.5) is 0 Å². The molecular formula is C13H19Cl2NS. The van der Waals surface area contributed by atoms with Crippen LogP contribution >= 0.6 is 34.5 Å². The van der Waals surface area contributed by atoms with Crippen molar-refractivity contribution in [1.82, 2.24) is 5.32 Å². The molecule has 0 bridgehead atoms. The molecule has 1 heterocycles. The fraction of sp³-hybridized carbons (Fsp3) is 0.692. The molecule has 1 aromatic rings. The van der Waals surface area contributed by atoms with Gasteiger partial charge in [0.15, 0.2) is 0 Å². The molecule has 0 radical (unpaired) electrons. The van der Waals surface area contributed by atoms with E-state index >= 15 is 0 Å². The van der Waals surface area contributed by atoms with Crippen molar-refractivity contribution in [2.24, 2.45) is 5.92 Å². The molecular weight excluding hydrogens is 273 g/mol. The van der Waals surface area contributed by atoms with Crippen LogP contribution < -0.4 is 5.32 Å². The Hall–Kier alpha value is 0.240. The van der Waals surface area contributed by atoms with Gasteiger partial charge in [0.2, 0.25) is 0 Å². The van der Waals surface area contributed by atoms with Crippen molar-refractivity contribution in [2.45, 2.75) is 44.6 Å². The highest BCUT2D eigenvalue weighted by Crippen LogP contribution is 2.40. The van der Waals surface area contributed by atoms with Gasteiger partial charge in [-0.05, 0) is 31.9 Å². The molecule has 96 valence electrons. The van der Waals surface area contributed by atoms with Crippen LogP contribution in [-0.2, 0) is 0 Å². The summed E-state index contributed by atoms with van der Waals surface area (Å²) in [6.07, 6.45) is 8.05. The molecule has 17 heavy (non-hydrogen) atoms. The average molecular weight is 292 g/mol. The summed E-state index contributed by atoms with van der Waals surface area (Å²) in [5.74, 6) is 0.700. The first kappa shape index (κ1) is 13.7. The van der Waals surface area contributed by atoms with E-state index < -0.39 is 0 Å². The first-order valence-electron chi connectivity index (χ1n) is 6.34. The number of hydrogen-bond acceptors (Lipinski definition) is 2. The van der Waals surface area contributed by atoms with Gasteiger partial charge in [-0.25, -0.2) is 0 Å². The van der Waals surface area contributed by atoms with Gasteiger partial charge < -0.3 is 5.32 Å². The number of thiophene rings is 1. The van der Waals surface area contributed by atoms with Gasteiger partial charge >= 0.3 is 0 Å². The van der Waals surface area contributed by atoms with E-state index in [1.54, 1.807) is 0 Å². The molecule has 4 heteroatoms. The second-order valence-electron chi connectivity index (χ2n) is 4.80. The predicted octanol–water partition coefficient (Wildman–Crippen LogP) is 5.29. The van der Waals surface area contributed by atoms with E-state index in [1.165, 1.54) is 55.4 Å². The molecule has 1 aliphatic rings. The Bertz CT molecular complexity index is 356. The van der Waals surface area contributed by atoms with E-state index in [-0.39, 0.29) is 0 Å². The maximum Gasteiger partial charge on any atom is 0.0992 e. The molecule has 1 aliphatic carbocycles. The van der Waals surface area contributed by atoms with Crippen molar-refractivity contribution in [1.29, 1.82) is 0 Å². The summed E-state index contributed by atoms with van der Waals surface area (Å²) < 4.78 is 1.64. The maximum absolute atomic E-state index is 6.27. The van der Waals surface area contributed by atoms with Gasteiger partial charge in [-0.15, -0.1) is 11.3 Å². The van der Waals surface area contributed by atoms with Crippen LogP contribution in [0.1, 0.15) is 50.1 Å². The molecule has 1 atom stereocenters. The first-order chi connectivity index (χ1) is 8.22. The van der Waals surface area contributed by atoms with Crippen LogP contribution in [0.3, 0.4) is 0 Å². The molecule has 1 N–H and O–H groups in total. The van der Waals surface area contributed by atoms with E-state index in [1.807, 2.05) is 13.1 Å². The zero-order valence-corrected chi connectivity index (χ0v) is 12.5. The Kier molecular flexibility index (Phi) is 5.16. The summed E-state index contributed by atoms with van der Waals surface area (Å²) in [6, 6.07) is 2.39. The molecule has 0 aromatic carbocycles. The zero-order valence-electron chi connectivity index (χ0n) is 10.1. The van der Waals surface area contributed by atoms with Crippen LogP contribution in [-0.4, -0.2) is 7.05 Å². The zero-order chi connectivity index (χ0) is 12.3. The Morgan fingerprint density at radius 1 is 1.24 bits per heavy atom. The lowest BCUT2D eigenvalue weighted by Gasteiger charge is -2.25. The van der Waals surface area contributed by atoms with E-state index in [4.69, 9.17) is 23.2 Å². The molecule has 2 rings (SSSR count). The van der Waals surface area contributed by atoms with Crippen LogP contribution in [0, 0.1) is 5.92 Å². The third-order valence-electron chi connectivity index (χ3n) is 3.70. The molecule has 1 unspecified atom stereocenters. The number of hydrogen-bond donors (Lipinski definition) is 1. The smallest absolute Gasteiger partial charge is 0.0992 e. The molecule has 0 amide bonds. The Morgan fingerprint density at radius 2 is 1.88 bits per heavy atom. The van der Waals surface area contributed by atoms with Crippen LogP contribution in [0.15, 0.2) is 6.07 Å². The minimum atomic E-state index is 0.365. The second-order valence-corrected chi connectivity index (χ2v) is 7.08. The van der Waals surface area contributed by atoms with Gasteiger partial charge in [0, 0.05) is 11.6 Å². The summed E-state index contributed by atoms with van der Waals surface area (Å²) in [6.45, 7) is 0. The summed E-state index contributed by atoms with van der Waals surface area (Å²) in [4.78, 5) is 0. The van der Waals surface area contributed by atoms with Crippen LogP contribution in [0.5, 0.6) is 0 Å². The van der Waals surface area contributed by atoms with E-state index in [0.717, 1.165) is 8.67 Å². The van der Waals surface area contributed by atoms with Crippen molar-refractivity contribution in [3.8, 4) is 0 Å². The second kappa shape index (κ2) is 6.42. The molecule has 1 aromatic heterocycles. The highest BCUT2D eigenvalue weighted by molar-refractivity contribution is 7.20. The van der Waals surface area contributed by atoms with Gasteiger partial charge in [0.25, 0.3) is 0 Å². The number of halogens is 2. The lowest BCUT2D eigenvalue weighted by molar-refractivity contribution is 0.342. The van der Waals surface area contributed by atoms with Crippen LogP contribution in [0.25, 0.3) is 0 Å². The number of rotatable bonds is 3. The van der Waals surface area contributed by atoms with E-state index in [0.29, 0.717) is 12.0 Å². The monoisotopic (exact) mass is 291 g/mol. The maximum atomic E-state index is 6.27. The van der Waals surface area contributed by atoms with Crippen molar-refractivity contribution in [3.05, 3.63) is 20.3 Å². The molecule has 1 fully saturated rings. The van der Waals surface area contributed by atoms with Crippen LogP contribution in [0.2, 0.25) is 8.67 Å². The van der Waals surface area contributed by atoms with Gasteiger partial charge in [-0.1, -0.05) is 48.9 Å². The SMILES string of the molecule is CNC(c1cc(Cl)sc1Cl)C1CCCCCC1. The lowest BCUT2D eigenvalue weighted by atomic mass is 9.88. The topological polar surface area (TPSA) is 12.0 Å². The number of nitrogens with one attached hydrogen (secondary N) is 1. The minimum Gasteiger partial charge on any atom is -0.313 e. The minimum absolute atomic E-state index is 0.365. The fourth-order valence-corrected chi connectivity index (χ4v) is 4.40. The Balaban J connectivity index is 2.16. The van der Waals surface area contributed by atoms with Gasteiger partial charge in [0.05, 0.1) is 8.67 Å². The highest BCUT2D eigenvalue weighted by atomic mass is 35.5. The molecule has 0 saturated heterocycles. The standard InChI is InChI=1S/C13H19Cl2NS/c1-16-12(9-6-4-2-3-5-7-9)10-8-11(14)17-13(10)15/h8-9,12,16H,2-7H2,1H3. The first-order valence-corrected chi connectivity index (χ1v) is 7.91. The van der Waals surface area contributed by atoms with E-state index in [9.17, 15) is 0 Å². The average Bonchev–Trinajstić information content (AvgIpc) is 2.55. The third-order valence-corrected chi connectivity index (χ3v) is 5.22. The third kappa shape index (κ3) is 3.37. The normalized spacial score (nSPS) is 20.2. The van der Waals surface area contributed by atoms with Crippen molar-refractivity contribution in [3.63, 3.8) is 0 Å². The van der Waals surface area contributed by atoms with Gasteiger partial charge in [-0.3, -0.25) is 0 Å². The lowest BCUT2D eigenvalue weighted by Crippen LogP contribution is -2.24. The van der Waals surface area contributed by atoms with Crippen molar-refractivity contribution < 1.29 is 0 Å². The quantitative estimate of drug-likeness (QED) is 0.747. The molecule has 1 saturated carbocycles. The highest BCUT2D eigenvalue weighted by Gasteiger charge is 2.25. The van der Waals surface area contributed by atoms with Crippen molar-refractivity contribution in [2.75, 3.05) is 7.05 Å². The molecule has 0 aliphatic heterocycles. The largest absolute Gasteiger partial charge is 0.313 e. The van der Waals surface area contributed by atoms with E-state index in [2.05, 4.69) is 5.32 Å². The van der Waals surface area contributed by atoms with Gasteiger partial charge in [0.1, 0.15) is 0 Å². The molecule has 0 spiro atoms. The predicted molar refractivity (Wildman–Crippen MR) is 77.3 cm³/mol. The summed E-state index contributed by atoms with van der Waals surface area (Å²) in [7, 11) is 2.03. The summed E-state index contributed by atoms with van der Waals surface area (Å²) >= 11 is 13.8. The Morgan fingerprint density at radius 3 is 2.35 bits per heavy atom.